The minimum absolute atomic E-state index is 0.0124. The number of amides is 1. The van der Waals surface area contributed by atoms with Crippen LogP contribution in [0.3, 0.4) is 0 Å². The first-order valence-electron chi connectivity index (χ1n) is 12.3. The number of alkyl halides is 2. The number of aryl methyl sites for hydroxylation is 1. The number of hydroxylamine groups is 1. The van der Waals surface area contributed by atoms with E-state index in [2.05, 4.69) is 15.4 Å². The molecule has 4 rings (SSSR count). The lowest BCUT2D eigenvalue weighted by molar-refractivity contribution is -0.202. The molecule has 2 aromatic rings. The van der Waals surface area contributed by atoms with E-state index in [0.717, 1.165) is 19.8 Å². The minimum Gasteiger partial charge on any atom is -0.381 e. The average Bonchev–Trinajstić information content (AvgIpc) is 2.91. The number of aromatic nitrogens is 2. The molecule has 1 amide bonds. The van der Waals surface area contributed by atoms with Crippen molar-refractivity contribution in [1.29, 1.82) is 0 Å². The van der Waals surface area contributed by atoms with Crippen LogP contribution in [0.5, 0.6) is 0 Å². The van der Waals surface area contributed by atoms with Gasteiger partial charge in [-0.05, 0) is 51.2 Å². The third-order valence-electron chi connectivity index (χ3n) is 6.64. The highest BCUT2D eigenvalue weighted by Gasteiger charge is 2.52. The second-order valence-electron chi connectivity index (χ2n) is 9.44. The van der Waals surface area contributed by atoms with Crippen LogP contribution >= 0.6 is 0 Å². The number of rotatable bonds is 9. The topological polar surface area (TPSA) is 117 Å². The van der Waals surface area contributed by atoms with Crippen molar-refractivity contribution in [3.8, 4) is 11.3 Å². The molecular formula is C25H31F2N3O6S. The number of nitrogens with one attached hydrogen (secondary N) is 1. The Balaban J connectivity index is 1.50. The zero-order valence-electron chi connectivity index (χ0n) is 20.6. The second kappa shape index (κ2) is 11.5. The zero-order chi connectivity index (χ0) is 26.5. The van der Waals surface area contributed by atoms with Gasteiger partial charge in [0.05, 0.1) is 22.5 Å². The monoisotopic (exact) mass is 539 g/mol. The van der Waals surface area contributed by atoms with Gasteiger partial charge in [0.1, 0.15) is 0 Å². The van der Waals surface area contributed by atoms with E-state index in [1.54, 1.807) is 12.1 Å². The maximum absolute atomic E-state index is 13.8. The largest absolute Gasteiger partial charge is 0.381 e. The van der Waals surface area contributed by atoms with E-state index in [9.17, 15) is 22.0 Å². The molecule has 9 nitrogen and oxygen atoms in total. The van der Waals surface area contributed by atoms with E-state index < -0.39 is 32.7 Å². The van der Waals surface area contributed by atoms with Crippen LogP contribution in [-0.4, -0.2) is 61.1 Å². The highest BCUT2D eigenvalue weighted by atomic mass is 32.2. The van der Waals surface area contributed by atoms with Crippen LogP contribution in [0.15, 0.2) is 41.6 Å². The predicted molar refractivity (Wildman–Crippen MR) is 129 cm³/mol. The Kier molecular flexibility index (Phi) is 8.52. The van der Waals surface area contributed by atoms with E-state index in [4.69, 9.17) is 14.3 Å². The molecule has 37 heavy (non-hydrogen) atoms. The summed E-state index contributed by atoms with van der Waals surface area (Å²) < 4.78 is 62.7. The highest BCUT2D eigenvalue weighted by Crippen LogP contribution is 2.36. The number of nitrogens with zero attached hydrogens (tertiary/aromatic N) is 2. The van der Waals surface area contributed by atoms with E-state index in [1.807, 2.05) is 0 Å². The van der Waals surface area contributed by atoms with E-state index >= 15 is 0 Å². The van der Waals surface area contributed by atoms with Gasteiger partial charge in [-0.1, -0.05) is 12.1 Å². The van der Waals surface area contributed by atoms with E-state index in [1.165, 1.54) is 24.5 Å². The number of carbonyl (C=O) groups is 1. The smallest absolute Gasteiger partial charge is 0.265 e. The average molecular weight is 540 g/mol. The molecule has 1 N–H and O–H groups in total. The summed E-state index contributed by atoms with van der Waals surface area (Å²) in [6, 6.07) is 6.00. The molecule has 2 aliphatic heterocycles. The molecule has 1 unspecified atom stereocenters. The standard InChI is InChI=1S/C25H31F2N3O6S/c1-24(26,27)10-9-19-16-29-21(17-28-19)18-5-7-20(8-6-18)37(32,33)25(11-14-34-15-12-25)23(31)30-36-22-4-2-3-13-35-22/h5-8,16-17,22H,2-4,9-15H2,1H3,(H,30,31). The van der Waals surface area contributed by atoms with Crippen molar-refractivity contribution in [2.24, 2.45) is 0 Å². The molecule has 202 valence electrons. The first-order chi connectivity index (χ1) is 17.6. The first kappa shape index (κ1) is 27.5. The molecule has 1 atom stereocenters. The van der Waals surface area contributed by atoms with Crippen LogP contribution in [0.4, 0.5) is 8.78 Å². The maximum Gasteiger partial charge on any atom is 0.265 e. The van der Waals surface area contributed by atoms with Crippen LogP contribution in [0.2, 0.25) is 0 Å². The second-order valence-corrected chi connectivity index (χ2v) is 11.7. The van der Waals surface area contributed by atoms with Crippen molar-refractivity contribution in [2.75, 3.05) is 19.8 Å². The number of sulfone groups is 1. The molecule has 1 aromatic carbocycles. The Morgan fingerprint density at radius 3 is 2.46 bits per heavy atom. The van der Waals surface area contributed by atoms with Crippen molar-refractivity contribution >= 4 is 15.7 Å². The van der Waals surface area contributed by atoms with Gasteiger partial charge in [-0.2, -0.15) is 0 Å². The van der Waals surface area contributed by atoms with Gasteiger partial charge in [-0.15, -0.1) is 0 Å². The summed E-state index contributed by atoms with van der Waals surface area (Å²) in [6.07, 6.45) is 4.45. The van der Waals surface area contributed by atoms with E-state index in [-0.39, 0.29) is 43.8 Å². The van der Waals surface area contributed by atoms with Crippen LogP contribution < -0.4 is 5.48 Å². The summed E-state index contributed by atoms with van der Waals surface area (Å²) in [5.41, 5.74) is 3.85. The van der Waals surface area contributed by atoms with Gasteiger partial charge in [0.2, 0.25) is 5.92 Å². The number of hydrogen-bond acceptors (Lipinski definition) is 8. The summed E-state index contributed by atoms with van der Waals surface area (Å²) >= 11 is 0. The summed E-state index contributed by atoms with van der Waals surface area (Å²) in [5, 5.41) is 0. The van der Waals surface area contributed by atoms with Gasteiger partial charge in [-0.25, -0.2) is 27.5 Å². The molecule has 3 heterocycles. The zero-order valence-corrected chi connectivity index (χ0v) is 21.4. The van der Waals surface area contributed by atoms with Crippen molar-refractivity contribution < 1.29 is 36.3 Å². The van der Waals surface area contributed by atoms with Gasteiger partial charge in [0, 0.05) is 44.4 Å². The van der Waals surface area contributed by atoms with Crippen molar-refractivity contribution in [2.45, 2.75) is 73.7 Å². The summed E-state index contributed by atoms with van der Waals surface area (Å²) in [6.45, 7) is 1.62. The third-order valence-corrected chi connectivity index (χ3v) is 9.15. The Bertz CT molecular complexity index is 1160. The number of halogens is 2. The number of hydrogen-bond donors (Lipinski definition) is 1. The van der Waals surface area contributed by atoms with Crippen LogP contribution in [0.1, 0.15) is 51.1 Å². The Morgan fingerprint density at radius 2 is 1.86 bits per heavy atom. The molecule has 0 spiro atoms. The molecule has 1 aromatic heterocycles. The van der Waals surface area contributed by atoms with Gasteiger partial charge >= 0.3 is 0 Å². The fraction of sp³-hybridized carbons (Fsp3) is 0.560. The molecule has 12 heteroatoms. The number of ether oxygens (including phenoxy) is 2. The first-order valence-corrected chi connectivity index (χ1v) is 13.8. The predicted octanol–water partition coefficient (Wildman–Crippen LogP) is 3.63. The SMILES string of the molecule is CC(F)(F)CCc1cnc(-c2ccc(S(=O)(=O)C3(C(=O)NOC4CCCCO4)CCOCC3)cc2)cn1. The Labute approximate surface area is 214 Å². The van der Waals surface area contributed by atoms with Crippen molar-refractivity contribution in [3.05, 3.63) is 42.4 Å². The lowest BCUT2D eigenvalue weighted by atomic mass is 9.98. The Morgan fingerprint density at radius 1 is 1.14 bits per heavy atom. The van der Waals surface area contributed by atoms with Crippen molar-refractivity contribution in [3.63, 3.8) is 0 Å². The Hall–Kier alpha value is -2.54. The minimum atomic E-state index is -4.12. The lowest BCUT2D eigenvalue weighted by Gasteiger charge is -2.35. The summed E-state index contributed by atoms with van der Waals surface area (Å²) in [7, 11) is -4.12. The molecule has 0 bridgehead atoms. The number of carbonyl (C=O) groups excluding carboxylic acids is 1. The molecule has 2 saturated heterocycles. The molecule has 0 aliphatic carbocycles. The van der Waals surface area contributed by atoms with Gasteiger partial charge in [0.25, 0.3) is 5.91 Å². The third kappa shape index (κ3) is 6.49. The molecular weight excluding hydrogens is 508 g/mol. The quantitative estimate of drug-likeness (QED) is 0.480. The molecule has 2 fully saturated rings. The maximum atomic E-state index is 13.8. The van der Waals surface area contributed by atoms with Crippen LogP contribution in [-0.2, 0) is 35.4 Å². The summed E-state index contributed by atoms with van der Waals surface area (Å²) in [5.74, 6) is -3.52. The fourth-order valence-electron chi connectivity index (χ4n) is 4.35. The molecule has 0 radical (unpaired) electrons. The van der Waals surface area contributed by atoms with Gasteiger partial charge < -0.3 is 9.47 Å². The lowest BCUT2D eigenvalue weighted by Crippen LogP contribution is -2.56. The van der Waals surface area contributed by atoms with Crippen LogP contribution in [0, 0.1) is 0 Å². The van der Waals surface area contributed by atoms with Crippen molar-refractivity contribution in [1.82, 2.24) is 15.4 Å². The highest BCUT2D eigenvalue weighted by molar-refractivity contribution is 7.93. The summed E-state index contributed by atoms with van der Waals surface area (Å²) in [4.78, 5) is 27.1. The van der Waals surface area contributed by atoms with Gasteiger partial charge in [0.15, 0.2) is 20.9 Å². The normalized spacial score (nSPS) is 20.4. The van der Waals surface area contributed by atoms with Crippen LogP contribution in [0.25, 0.3) is 11.3 Å². The number of benzene rings is 1. The molecule has 0 saturated carbocycles. The van der Waals surface area contributed by atoms with E-state index in [0.29, 0.717) is 30.0 Å². The molecule has 2 aliphatic rings. The fourth-order valence-corrected chi connectivity index (χ4v) is 6.28. The van der Waals surface area contributed by atoms with Gasteiger partial charge in [-0.3, -0.25) is 14.8 Å².